The van der Waals surface area contributed by atoms with Crippen molar-refractivity contribution in [2.45, 2.75) is 83.4 Å². The van der Waals surface area contributed by atoms with E-state index in [2.05, 4.69) is 38.8 Å². The summed E-state index contributed by atoms with van der Waals surface area (Å²) in [5.74, 6) is -0.401. The third-order valence-electron chi connectivity index (χ3n) is 6.21. The van der Waals surface area contributed by atoms with Crippen LogP contribution in [0.5, 0.6) is 11.5 Å². The largest absolute Gasteiger partial charge is 0.490 e. The van der Waals surface area contributed by atoms with Gasteiger partial charge in [-0.1, -0.05) is 20.8 Å². The van der Waals surface area contributed by atoms with Crippen molar-refractivity contribution in [2.75, 3.05) is 0 Å². The second-order valence-corrected chi connectivity index (χ2v) is 14.9. The summed E-state index contributed by atoms with van der Waals surface area (Å²) in [4.78, 5) is 4.04. The van der Waals surface area contributed by atoms with Crippen molar-refractivity contribution < 1.29 is 22.7 Å². The Morgan fingerprint density at radius 3 is 1.97 bits per heavy atom. The fourth-order valence-corrected chi connectivity index (χ4v) is 3.92. The monoisotopic (exact) mass is 447 g/mol. The van der Waals surface area contributed by atoms with Gasteiger partial charge < -0.3 is 13.9 Å². The van der Waals surface area contributed by atoms with Gasteiger partial charge in [-0.2, -0.15) is 0 Å². The third-order valence-corrected chi connectivity index (χ3v) is 10.7. The van der Waals surface area contributed by atoms with Crippen molar-refractivity contribution in [1.82, 2.24) is 4.98 Å². The Bertz CT molecular complexity index is 931. The summed E-state index contributed by atoms with van der Waals surface area (Å²) in [5, 5.41) is 0.0920. The Morgan fingerprint density at radius 1 is 0.968 bits per heavy atom. The van der Waals surface area contributed by atoms with Gasteiger partial charge in [0.15, 0.2) is 14.1 Å². The van der Waals surface area contributed by atoms with Crippen molar-refractivity contribution >= 4 is 8.32 Å². The predicted molar refractivity (Wildman–Crippen MR) is 119 cm³/mol. The molecule has 2 fully saturated rings. The number of aromatic nitrogens is 1. The molecule has 2 saturated carbocycles. The maximum Gasteiger partial charge on any atom is 0.192 e. The van der Waals surface area contributed by atoms with Crippen molar-refractivity contribution in [3.8, 4) is 22.8 Å². The van der Waals surface area contributed by atoms with Gasteiger partial charge in [0.2, 0.25) is 0 Å². The molecule has 0 amide bonds. The number of ether oxygens (including phenoxy) is 2. The van der Waals surface area contributed by atoms with Crippen LogP contribution in [0.3, 0.4) is 0 Å². The molecule has 31 heavy (non-hydrogen) atoms. The van der Waals surface area contributed by atoms with E-state index < -0.39 is 20.0 Å². The normalized spacial score (nSPS) is 17.0. The first kappa shape index (κ1) is 22.2. The van der Waals surface area contributed by atoms with E-state index in [0.717, 1.165) is 43.5 Å². The summed E-state index contributed by atoms with van der Waals surface area (Å²) in [7, 11) is -1.95. The second kappa shape index (κ2) is 8.17. The topological polar surface area (TPSA) is 40.6 Å². The number of nitrogens with zero attached hydrogens (tertiary/aromatic N) is 1. The second-order valence-electron chi connectivity index (χ2n) is 10.1. The lowest BCUT2D eigenvalue weighted by molar-refractivity contribution is 0.268. The van der Waals surface area contributed by atoms with Crippen LogP contribution in [-0.4, -0.2) is 25.5 Å². The minimum atomic E-state index is -1.95. The molecule has 4 rings (SSSR count). The van der Waals surface area contributed by atoms with Gasteiger partial charge in [-0.25, -0.2) is 13.8 Å². The van der Waals surface area contributed by atoms with Crippen LogP contribution in [0.25, 0.3) is 11.3 Å². The van der Waals surface area contributed by atoms with Crippen LogP contribution >= 0.6 is 0 Å². The van der Waals surface area contributed by atoms with Gasteiger partial charge in [-0.3, -0.25) is 0 Å². The van der Waals surface area contributed by atoms with E-state index in [-0.39, 0.29) is 22.9 Å². The highest BCUT2D eigenvalue weighted by molar-refractivity contribution is 6.74. The minimum Gasteiger partial charge on any atom is -0.490 e. The van der Waals surface area contributed by atoms with Gasteiger partial charge in [0.25, 0.3) is 0 Å². The van der Waals surface area contributed by atoms with Gasteiger partial charge in [0.1, 0.15) is 23.0 Å². The van der Waals surface area contributed by atoms with Gasteiger partial charge >= 0.3 is 0 Å². The zero-order valence-electron chi connectivity index (χ0n) is 18.9. The first-order valence-corrected chi connectivity index (χ1v) is 13.9. The summed E-state index contributed by atoms with van der Waals surface area (Å²) in [5.41, 5.74) is 1.42. The predicted octanol–water partition coefficient (Wildman–Crippen LogP) is 6.63. The smallest absolute Gasteiger partial charge is 0.192 e. The number of rotatable bonds is 8. The standard InChI is InChI=1S/C24H31F2NO3Si/c1-24(2,3)31(4,5)28-14-15-10-20(29-17-6-7-17)22(21(11-15)30-18-8-9-18)23-19(26)12-16(25)13-27-23/h10-13,17-18H,6-9,14H2,1-5H3. The number of hydrogen-bond donors (Lipinski definition) is 0. The molecule has 2 aliphatic rings. The Labute approximate surface area is 184 Å². The first-order valence-electron chi connectivity index (χ1n) is 11.0. The Kier molecular flexibility index (Phi) is 5.85. The molecule has 0 bridgehead atoms. The van der Waals surface area contributed by atoms with E-state index >= 15 is 0 Å². The van der Waals surface area contributed by atoms with E-state index in [1.165, 1.54) is 0 Å². The molecule has 0 unspecified atom stereocenters. The number of hydrogen-bond acceptors (Lipinski definition) is 4. The Hall–Kier alpha value is -1.99. The Morgan fingerprint density at radius 2 is 1.52 bits per heavy atom. The minimum absolute atomic E-state index is 0.0459. The maximum absolute atomic E-state index is 14.7. The van der Waals surface area contributed by atoms with Crippen LogP contribution in [0.1, 0.15) is 52.0 Å². The molecule has 2 aromatic rings. The summed E-state index contributed by atoms with van der Waals surface area (Å²) in [6.07, 6.45) is 5.07. The van der Waals surface area contributed by atoms with Crippen LogP contribution in [0.15, 0.2) is 24.4 Å². The lowest BCUT2D eigenvalue weighted by Gasteiger charge is -2.36. The zero-order valence-corrected chi connectivity index (χ0v) is 19.9. The highest BCUT2D eigenvalue weighted by atomic mass is 28.4. The zero-order chi connectivity index (χ0) is 22.4. The van der Waals surface area contributed by atoms with Crippen LogP contribution in [0.2, 0.25) is 18.1 Å². The summed E-state index contributed by atoms with van der Waals surface area (Å²) >= 11 is 0. The van der Waals surface area contributed by atoms with E-state index in [1.54, 1.807) is 0 Å². The van der Waals surface area contributed by atoms with Crippen LogP contribution < -0.4 is 9.47 Å². The average molecular weight is 448 g/mol. The summed E-state index contributed by atoms with van der Waals surface area (Å²) in [6.45, 7) is 11.5. The van der Waals surface area contributed by atoms with Gasteiger partial charge in [-0.05, 0) is 61.5 Å². The maximum atomic E-state index is 14.7. The van der Waals surface area contributed by atoms with Crippen LogP contribution in [0, 0.1) is 11.6 Å². The molecule has 0 aliphatic heterocycles. The van der Waals surface area contributed by atoms with Crippen molar-refractivity contribution in [1.29, 1.82) is 0 Å². The summed E-state index contributed by atoms with van der Waals surface area (Å²) < 4.78 is 46.9. The average Bonchev–Trinajstić information content (AvgIpc) is 3.57. The van der Waals surface area contributed by atoms with E-state index in [4.69, 9.17) is 13.9 Å². The van der Waals surface area contributed by atoms with Crippen LogP contribution in [-0.2, 0) is 11.0 Å². The van der Waals surface area contributed by atoms with Crippen molar-refractivity contribution in [3.05, 3.63) is 41.6 Å². The molecular weight excluding hydrogens is 416 g/mol. The molecule has 2 aliphatic carbocycles. The lowest BCUT2D eigenvalue weighted by Crippen LogP contribution is -2.40. The first-order chi connectivity index (χ1) is 14.5. The lowest BCUT2D eigenvalue weighted by atomic mass is 10.0. The molecule has 168 valence electrons. The molecule has 1 aromatic heterocycles. The van der Waals surface area contributed by atoms with Crippen LogP contribution in [0.4, 0.5) is 8.78 Å². The highest BCUT2D eigenvalue weighted by Gasteiger charge is 2.37. The fourth-order valence-electron chi connectivity index (χ4n) is 2.96. The SMILES string of the molecule is CC(C)(C)[Si](C)(C)OCc1cc(OC2CC2)c(-c2ncc(F)cc2F)c(OC2CC2)c1. The summed E-state index contributed by atoms with van der Waals surface area (Å²) in [6, 6.07) is 4.63. The van der Waals surface area contributed by atoms with Gasteiger partial charge in [0, 0.05) is 6.07 Å². The van der Waals surface area contributed by atoms with Crippen molar-refractivity contribution in [2.24, 2.45) is 0 Å². The molecule has 7 heteroatoms. The molecule has 0 spiro atoms. The van der Waals surface area contributed by atoms with Gasteiger partial charge in [-0.15, -0.1) is 0 Å². The molecule has 4 nitrogen and oxygen atoms in total. The number of benzene rings is 1. The fraction of sp³-hybridized carbons (Fsp3) is 0.542. The number of halogens is 2. The quantitative estimate of drug-likeness (QED) is 0.426. The molecule has 1 heterocycles. The molecule has 0 saturated heterocycles. The molecular formula is C24H31F2NO3Si. The van der Waals surface area contributed by atoms with E-state index in [9.17, 15) is 8.78 Å². The molecule has 1 aromatic carbocycles. The molecule has 0 N–H and O–H groups in total. The van der Waals surface area contributed by atoms with E-state index in [0.29, 0.717) is 23.7 Å². The number of pyridine rings is 1. The van der Waals surface area contributed by atoms with E-state index in [1.807, 2.05) is 12.1 Å². The Balaban J connectivity index is 1.74. The molecule has 0 atom stereocenters. The highest BCUT2D eigenvalue weighted by Crippen LogP contribution is 2.45. The van der Waals surface area contributed by atoms with Crippen molar-refractivity contribution in [3.63, 3.8) is 0 Å². The van der Waals surface area contributed by atoms with Gasteiger partial charge in [0.05, 0.1) is 30.6 Å². The third kappa shape index (κ3) is 5.26. The molecule has 0 radical (unpaired) electrons.